The van der Waals surface area contributed by atoms with Crippen molar-refractivity contribution in [3.8, 4) is 0 Å². The van der Waals surface area contributed by atoms with Crippen LogP contribution in [0.5, 0.6) is 0 Å². The van der Waals surface area contributed by atoms with Crippen molar-refractivity contribution in [1.82, 2.24) is 14.3 Å². The second-order valence-corrected chi connectivity index (χ2v) is 11.0. The lowest BCUT2D eigenvalue weighted by atomic mass is 10.2. The number of halogens is 1. The van der Waals surface area contributed by atoms with Crippen LogP contribution in [0.4, 0.5) is 0 Å². The summed E-state index contributed by atoms with van der Waals surface area (Å²) in [5.41, 5.74) is 3.66. The molecule has 0 saturated carbocycles. The van der Waals surface area contributed by atoms with Crippen LogP contribution in [0.15, 0.2) is 52.5 Å². The summed E-state index contributed by atoms with van der Waals surface area (Å²) in [5.74, 6) is -0.528. The smallest absolute Gasteiger partial charge is 0.271 e. The van der Waals surface area contributed by atoms with Gasteiger partial charge in [-0.05, 0) is 44.2 Å². The maximum absolute atomic E-state index is 13.2. The Morgan fingerprint density at radius 2 is 1.88 bits per heavy atom. The average molecular weight is 495 g/mol. The van der Waals surface area contributed by atoms with E-state index < -0.39 is 15.9 Å². The fraction of sp³-hybridized carbons (Fsp3) is 0.333. The molecule has 1 fully saturated rings. The Labute approximate surface area is 195 Å². The minimum absolute atomic E-state index is 0.0567. The molecule has 1 aromatic heterocycles. The molecule has 2 aromatic carbocycles. The van der Waals surface area contributed by atoms with Crippen molar-refractivity contribution in [2.75, 3.05) is 13.1 Å². The highest BCUT2D eigenvalue weighted by atomic mass is 35.5. The quantitative estimate of drug-likeness (QED) is 0.564. The maximum atomic E-state index is 13.2. The van der Waals surface area contributed by atoms with Crippen LogP contribution in [0.3, 0.4) is 0 Å². The third kappa shape index (κ3) is 4.46. The van der Waals surface area contributed by atoms with Crippen LogP contribution in [-0.4, -0.2) is 48.5 Å². The van der Waals surface area contributed by atoms with Gasteiger partial charge in [0.15, 0.2) is 0 Å². The molecule has 0 bridgehead atoms. The maximum Gasteiger partial charge on any atom is 0.271 e. The number of ether oxygens (including phenoxy) is 1. The van der Waals surface area contributed by atoms with Crippen molar-refractivity contribution in [1.29, 1.82) is 0 Å². The number of aromatic nitrogens is 1. The predicted molar refractivity (Wildman–Crippen MR) is 124 cm³/mol. The number of rotatable bonds is 4. The van der Waals surface area contributed by atoms with Crippen molar-refractivity contribution < 1.29 is 17.9 Å². The number of carbonyl (C=O) groups is 1. The van der Waals surface area contributed by atoms with Gasteiger partial charge < -0.3 is 9.30 Å². The summed E-state index contributed by atoms with van der Waals surface area (Å²) in [5, 5.41) is 4.27. The van der Waals surface area contributed by atoms with E-state index in [9.17, 15) is 13.2 Å². The molecule has 2 atom stereocenters. The largest absolute Gasteiger partial charge is 0.373 e. The number of aryl methyl sites for hydroxylation is 1. The summed E-state index contributed by atoms with van der Waals surface area (Å²) in [6, 6.07) is 12.0. The Kier molecular flexibility index (Phi) is 6.42. The van der Waals surface area contributed by atoms with Gasteiger partial charge in [0.25, 0.3) is 5.91 Å². The van der Waals surface area contributed by atoms with E-state index in [4.69, 9.17) is 16.3 Å². The van der Waals surface area contributed by atoms with Crippen molar-refractivity contribution >= 4 is 49.1 Å². The minimum atomic E-state index is -3.90. The summed E-state index contributed by atoms with van der Waals surface area (Å²) >= 11 is 7.66. The summed E-state index contributed by atoms with van der Waals surface area (Å²) in [7, 11) is -2.03. The van der Waals surface area contributed by atoms with Gasteiger partial charge in [0.1, 0.15) is 4.90 Å². The van der Waals surface area contributed by atoms with Crippen LogP contribution in [0, 0.1) is 0 Å². The highest BCUT2D eigenvalue weighted by molar-refractivity contribution is 7.89. The first-order chi connectivity index (χ1) is 15.2. The fourth-order valence-electron chi connectivity index (χ4n) is 3.66. The molecule has 170 valence electrons. The highest BCUT2D eigenvalue weighted by Gasteiger charge is 2.33. The topological polar surface area (TPSA) is 93.0 Å². The number of hydrogen-bond donors (Lipinski definition) is 1. The molecule has 1 aliphatic heterocycles. The molecule has 1 amide bonds. The van der Waals surface area contributed by atoms with E-state index in [1.54, 1.807) is 0 Å². The minimum Gasteiger partial charge on any atom is -0.373 e. The summed E-state index contributed by atoms with van der Waals surface area (Å²) in [4.78, 5) is 13.2. The fourth-order valence-corrected chi connectivity index (χ4v) is 6.73. The van der Waals surface area contributed by atoms with Gasteiger partial charge >= 0.3 is 0 Å². The monoisotopic (exact) mass is 494 g/mol. The van der Waals surface area contributed by atoms with Gasteiger partial charge in [-0.2, -0.15) is 4.31 Å². The van der Waals surface area contributed by atoms with Crippen molar-refractivity contribution in [3.05, 3.63) is 57.9 Å². The van der Waals surface area contributed by atoms with Crippen molar-refractivity contribution in [2.24, 2.45) is 12.1 Å². The van der Waals surface area contributed by atoms with Crippen LogP contribution in [0.1, 0.15) is 24.2 Å². The molecule has 1 aliphatic rings. The number of nitrogens with zero attached hydrogens (tertiary/aromatic N) is 3. The van der Waals surface area contributed by atoms with Gasteiger partial charge in [-0.25, -0.2) is 13.8 Å². The van der Waals surface area contributed by atoms with E-state index >= 15 is 0 Å². The van der Waals surface area contributed by atoms with E-state index in [0.29, 0.717) is 4.80 Å². The molecule has 0 aliphatic carbocycles. The highest BCUT2D eigenvalue weighted by Crippen LogP contribution is 2.28. The van der Waals surface area contributed by atoms with Gasteiger partial charge in [-0.3, -0.25) is 4.79 Å². The van der Waals surface area contributed by atoms with E-state index in [2.05, 4.69) is 10.5 Å². The molecule has 0 radical (unpaired) electrons. The normalized spacial score (nSPS) is 20.6. The molecule has 11 heteroatoms. The van der Waals surface area contributed by atoms with E-state index in [1.807, 2.05) is 49.7 Å². The summed E-state index contributed by atoms with van der Waals surface area (Å²) in [6.07, 6.45) is -0.473. The molecular formula is C21H23ClN4O4S2. The molecule has 32 heavy (non-hydrogen) atoms. The van der Waals surface area contributed by atoms with Gasteiger partial charge in [0.05, 0.1) is 27.4 Å². The number of para-hydroxylation sites is 1. The predicted octanol–water partition coefficient (Wildman–Crippen LogP) is 2.94. The third-order valence-corrected chi connectivity index (χ3v) is 8.59. The zero-order valence-corrected chi connectivity index (χ0v) is 20.2. The Balaban J connectivity index is 1.62. The number of nitrogens with one attached hydrogen (secondary N) is 1. The molecule has 2 heterocycles. The Morgan fingerprint density at radius 3 is 2.56 bits per heavy atom. The lowest BCUT2D eigenvalue weighted by Gasteiger charge is -2.34. The molecule has 0 spiro atoms. The first kappa shape index (κ1) is 22.9. The van der Waals surface area contributed by atoms with Gasteiger partial charge in [0.2, 0.25) is 14.8 Å². The zero-order valence-electron chi connectivity index (χ0n) is 17.8. The first-order valence-electron chi connectivity index (χ1n) is 10.0. The van der Waals surface area contributed by atoms with E-state index in [1.165, 1.54) is 33.8 Å². The SMILES string of the molecule is CC1CN(S(=O)(=O)c2cc(C(=O)N/N=c3\sc4ccccc4n3C)ccc2Cl)CC(C)O1. The molecule has 1 saturated heterocycles. The molecule has 8 nitrogen and oxygen atoms in total. The van der Waals surface area contributed by atoms with Crippen LogP contribution in [-0.2, 0) is 21.8 Å². The van der Waals surface area contributed by atoms with Gasteiger partial charge in [-0.1, -0.05) is 35.1 Å². The van der Waals surface area contributed by atoms with Crippen molar-refractivity contribution in [2.45, 2.75) is 31.0 Å². The number of sulfonamides is 1. The number of amides is 1. The summed E-state index contributed by atoms with van der Waals surface area (Å²) < 4.78 is 36.3. The number of benzene rings is 2. The van der Waals surface area contributed by atoms with Crippen LogP contribution >= 0.6 is 22.9 Å². The molecule has 2 unspecified atom stereocenters. The second kappa shape index (κ2) is 8.95. The van der Waals surface area contributed by atoms with Crippen LogP contribution < -0.4 is 10.2 Å². The number of thiazole rings is 1. The average Bonchev–Trinajstić information content (AvgIpc) is 3.07. The van der Waals surface area contributed by atoms with E-state index in [-0.39, 0.29) is 40.8 Å². The Hall–Kier alpha value is -2.24. The van der Waals surface area contributed by atoms with Gasteiger partial charge in [-0.15, -0.1) is 5.10 Å². The third-order valence-electron chi connectivity index (χ3n) is 5.17. The van der Waals surface area contributed by atoms with Crippen LogP contribution in [0.2, 0.25) is 5.02 Å². The lowest BCUT2D eigenvalue weighted by molar-refractivity contribution is -0.0440. The first-order valence-corrected chi connectivity index (χ1v) is 12.6. The molecule has 1 N–H and O–H groups in total. The second-order valence-electron chi connectivity index (χ2n) is 7.69. The Bertz CT molecular complexity index is 1340. The lowest BCUT2D eigenvalue weighted by Crippen LogP contribution is -2.48. The number of carbonyl (C=O) groups excluding carboxylic acids is 1. The molecule has 4 rings (SSSR count). The zero-order chi connectivity index (χ0) is 23.0. The van der Waals surface area contributed by atoms with Crippen molar-refractivity contribution in [3.63, 3.8) is 0 Å². The number of hydrogen-bond acceptors (Lipinski definition) is 6. The number of fused-ring (bicyclic) bond motifs is 1. The molecule has 3 aromatic rings. The molecular weight excluding hydrogens is 472 g/mol. The number of morpholine rings is 1. The van der Waals surface area contributed by atoms with Gasteiger partial charge in [0, 0.05) is 25.7 Å². The Morgan fingerprint density at radius 1 is 1.19 bits per heavy atom. The summed E-state index contributed by atoms with van der Waals surface area (Å²) in [6.45, 7) is 4.08. The standard InChI is InChI=1S/C21H23ClN4O4S2/c1-13-11-26(12-14(2)30-13)32(28,29)19-10-15(8-9-16(19)22)20(27)23-24-21-25(3)17-6-4-5-7-18(17)31-21/h4-10,13-14H,11-12H2,1-3H3,(H,23,27)/b24-21-. The van der Waals surface area contributed by atoms with E-state index in [0.717, 1.165) is 10.2 Å². The van der Waals surface area contributed by atoms with Crippen LogP contribution in [0.25, 0.3) is 10.2 Å².